The lowest BCUT2D eigenvalue weighted by Gasteiger charge is -2.06. The van der Waals surface area contributed by atoms with Gasteiger partial charge < -0.3 is 14.5 Å². The van der Waals surface area contributed by atoms with Gasteiger partial charge in [-0.05, 0) is 23.8 Å². The molecular weight excluding hydrogens is 420 g/mol. The van der Waals surface area contributed by atoms with Crippen LogP contribution in [-0.2, 0) is 9.53 Å². The quantitative estimate of drug-likeness (QED) is 0.374. The molecule has 0 radical (unpaired) electrons. The van der Waals surface area contributed by atoms with Crippen molar-refractivity contribution in [2.45, 2.75) is 0 Å². The summed E-state index contributed by atoms with van der Waals surface area (Å²) in [6, 6.07) is 6.80. The number of fused-ring (bicyclic) bond motifs is 1. The third-order valence-corrected chi connectivity index (χ3v) is 5.53. The van der Waals surface area contributed by atoms with Crippen LogP contribution in [0, 0.1) is 0 Å². The minimum Gasteiger partial charge on any atom is -0.465 e. The van der Waals surface area contributed by atoms with Crippen molar-refractivity contribution < 1.29 is 18.7 Å². The van der Waals surface area contributed by atoms with Gasteiger partial charge in [0, 0.05) is 29.4 Å². The number of methoxy groups -OCH3 is 1. The fourth-order valence-corrected chi connectivity index (χ4v) is 3.99. The lowest BCUT2D eigenvalue weighted by Crippen LogP contribution is -2.17. The third kappa shape index (κ3) is 3.42. The fraction of sp³-hybridized carbons (Fsp3) is 0.0526. The molecule has 1 amide bonds. The van der Waals surface area contributed by atoms with Crippen LogP contribution in [0.5, 0.6) is 0 Å². The van der Waals surface area contributed by atoms with Crippen molar-refractivity contribution >= 4 is 68.8 Å². The van der Waals surface area contributed by atoms with Crippen LogP contribution in [0.25, 0.3) is 28.2 Å². The number of hydrogen-bond acceptors (Lipinski definition) is 7. The zero-order chi connectivity index (χ0) is 19.8. The maximum atomic E-state index is 11.9. The molecule has 1 aliphatic heterocycles. The number of halogens is 1. The van der Waals surface area contributed by atoms with Crippen LogP contribution in [0.3, 0.4) is 0 Å². The third-order valence-electron chi connectivity index (χ3n) is 4.04. The Morgan fingerprint density at radius 1 is 1.36 bits per heavy atom. The van der Waals surface area contributed by atoms with Gasteiger partial charge in [-0.1, -0.05) is 41.6 Å². The Morgan fingerprint density at radius 2 is 2.18 bits per heavy atom. The highest BCUT2D eigenvalue weighted by molar-refractivity contribution is 8.26. The lowest BCUT2D eigenvalue weighted by molar-refractivity contribution is -0.115. The number of esters is 1. The maximum absolute atomic E-state index is 11.9. The number of nitrogens with one attached hydrogen (secondary N) is 1. The molecule has 9 heteroatoms. The highest BCUT2D eigenvalue weighted by Gasteiger charge is 2.23. The summed E-state index contributed by atoms with van der Waals surface area (Å²) in [4.78, 5) is 28.5. The Morgan fingerprint density at radius 3 is 2.89 bits per heavy atom. The van der Waals surface area contributed by atoms with Crippen molar-refractivity contribution in [3.05, 3.63) is 57.9 Å². The second kappa shape index (κ2) is 7.38. The van der Waals surface area contributed by atoms with E-state index in [9.17, 15) is 9.59 Å². The number of amides is 1. The molecule has 3 heterocycles. The number of aromatic nitrogens is 1. The molecule has 4 rings (SSSR count). The number of rotatable bonds is 3. The normalized spacial score (nSPS) is 15.3. The van der Waals surface area contributed by atoms with Crippen molar-refractivity contribution in [2.24, 2.45) is 0 Å². The van der Waals surface area contributed by atoms with E-state index in [0.717, 1.165) is 5.39 Å². The van der Waals surface area contributed by atoms with E-state index in [1.54, 1.807) is 42.7 Å². The Labute approximate surface area is 173 Å². The van der Waals surface area contributed by atoms with E-state index in [4.69, 9.17) is 33.0 Å². The summed E-state index contributed by atoms with van der Waals surface area (Å²) >= 11 is 12.3. The predicted octanol–water partition coefficient (Wildman–Crippen LogP) is 4.42. The van der Waals surface area contributed by atoms with Crippen LogP contribution >= 0.6 is 35.6 Å². The number of carbonyl (C=O) groups excluding carboxylic acids is 2. The van der Waals surface area contributed by atoms with Gasteiger partial charge in [0.05, 0.1) is 22.6 Å². The Balaban J connectivity index is 1.80. The van der Waals surface area contributed by atoms with E-state index >= 15 is 0 Å². The van der Waals surface area contributed by atoms with Crippen molar-refractivity contribution in [1.82, 2.24) is 10.3 Å². The molecule has 28 heavy (non-hydrogen) atoms. The van der Waals surface area contributed by atoms with Crippen LogP contribution in [-0.4, -0.2) is 28.3 Å². The molecule has 0 aliphatic carbocycles. The zero-order valence-corrected chi connectivity index (χ0v) is 16.7. The summed E-state index contributed by atoms with van der Waals surface area (Å²) in [5, 5.41) is 3.61. The topological polar surface area (TPSA) is 81.4 Å². The standard InChI is InChI=1S/C19H11ClN2O4S2/c1-25-18(24)12-5-9(2-3-14(12)20)13-8-21-7-10-4-11(26-16(10)13)6-15-17(23)22-19(27)28-15/h2-8H,1H3,(H,22,23,27). The van der Waals surface area contributed by atoms with Crippen LogP contribution in [0.1, 0.15) is 16.1 Å². The molecule has 0 saturated carbocycles. The summed E-state index contributed by atoms with van der Waals surface area (Å²) in [5.41, 5.74) is 2.21. The summed E-state index contributed by atoms with van der Waals surface area (Å²) in [5.74, 6) is -0.292. The maximum Gasteiger partial charge on any atom is 0.339 e. The smallest absolute Gasteiger partial charge is 0.339 e. The average Bonchev–Trinajstić information content (AvgIpc) is 3.23. The molecule has 0 bridgehead atoms. The van der Waals surface area contributed by atoms with Gasteiger partial charge >= 0.3 is 5.97 Å². The number of furan rings is 1. The van der Waals surface area contributed by atoms with Crippen LogP contribution in [0.15, 0.2) is 46.0 Å². The Hall–Kier alpha value is -2.68. The molecule has 1 fully saturated rings. The predicted molar refractivity (Wildman–Crippen MR) is 112 cm³/mol. The molecule has 1 saturated heterocycles. The summed E-state index contributed by atoms with van der Waals surface area (Å²) in [6.45, 7) is 0. The van der Waals surface area contributed by atoms with Gasteiger partial charge in [-0.15, -0.1) is 0 Å². The van der Waals surface area contributed by atoms with Gasteiger partial charge in [-0.3, -0.25) is 9.78 Å². The average molecular weight is 431 g/mol. The second-order valence-electron chi connectivity index (χ2n) is 5.79. The Kier molecular flexibility index (Phi) is 4.92. The van der Waals surface area contributed by atoms with Crippen LogP contribution < -0.4 is 5.32 Å². The number of carbonyl (C=O) groups is 2. The number of thiocarbonyl (C=S) groups is 1. The molecule has 1 aromatic carbocycles. The van der Waals surface area contributed by atoms with Gasteiger partial charge in [0.15, 0.2) is 0 Å². The number of hydrogen-bond donors (Lipinski definition) is 1. The minimum absolute atomic E-state index is 0.250. The molecular formula is C19H11ClN2O4S2. The van der Waals surface area contributed by atoms with Crippen LogP contribution in [0.4, 0.5) is 0 Å². The molecule has 3 aromatic rings. The second-order valence-corrected chi connectivity index (χ2v) is 7.92. The van der Waals surface area contributed by atoms with Gasteiger partial charge in [0.25, 0.3) is 5.91 Å². The molecule has 0 atom stereocenters. The number of ether oxygens (including phenoxy) is 1. The van der Waals surface area contributed by atoms with Crippen molar-refractivity contribution in [3.63, 3.8) is 0 Å². The largest absolute Gasteiger partial charge is 0.465 e. The molecule has 0 unspecified atom stereocenters. The lowest BCUT2D eigenvalue weighted by atomic mass is 10.0. The molecule has 1 N–H and O–H groups in total. The van der Waals surface area contributed by atoms with E-state index in [2.05, 4.69) is 10.3 Å². The van der Waals surface area contributed by atoms with E-state index in [-0.39, 0.29) is 11.5 Å². The van der Waals surface area contributed by atoms with Crippen molar-refractivity contribution in [1.29, 1.82) is 0 Å². The zero-order valence-electron chi connectivity index (χ0n) is 14.3. The first-order valence-electron chi connectivity index (χ1n) is 7.97. The van der Waals surface area contributed by atoms with E-state index < -0.39 is 5.97 Å². The first-order chi connectivity index (χ1) is 13.5. The van der Waals surface area contributed by atoms with E-state index in [0.29, 0.717) is 36.7 Å². The highest BCUT2D eigenvalue weighted by atomic mass is 35.5. The molecule has 2 aromatic heterocycles. The minimum atomic E-state index is -0.530. The summed E-state index contributed by atoms with van der Waals surface area (Å²) in [6.07, 6.45) is 4.93. The van der Waals surface area contributed by atoms with Gasteiger partial charge in [0.2, 0.25) is 0 Å². The number of thioether (sulfide) groups is 1. The number of pyridine rings is 1. The van der Waals surface area contributed by atoms with Crippen LogP contribution in [0.2, 0.25) is 5.02 Å². The first kappa shape index (κ1) is 18.7. The van der Waals surface area contributed by atoms with Crippen molar-refractivity contribution in [2.75, 3.05) is 7.11 Å². The van der Waals surface area contributed by atoms with Gasteiger partial charge in [-0.25, -0.2) is 4.79 Å². The molecule has 1 aliphatic rings. The molecule has 140 valence electrons. The number of benzene rings is 1. The van der Waals surface area contributed by atoms with Gasteiger partial charge in [0.1, 0.15) is 15.7 Å². The van der Waals surface area contributed by atoms with Gasteiger partial charge in [-0.2, -0.15) is 0 Å². The summed E-state index contributed by atoms with van der Waals surface area (Å²) < 4.78 is 11.1. The van der Waals surface area contributed by atoms with E-state index in [1.807, 2.05) is 0 Å². The Bertz CT molecular complexity index is 1190. The van der Waals surface area contributed by atoms with E-state index in [1.165, 1.54) is 18.9 Å². The van der Waals surface area contributed by atoms with Crippen molar-refractivity contribution in [3.8, 4) is 11.1 Å². The SMILES string of the molecule is COC(=O)c1cc(-c2cncc3cc(C=C4SC(=S)NC4=O)oc23)ccc1Cl. The fourth-order valence-electron chi connectivity index (χ4n) is 2.77. The summed E-state index contributed by atoms with van der Waals surface area (Å²) in [7, 11) is 1.29. The first-order valence-corrected chi connectivity index (χ1v) is 9.57. The highest BCUT2D eigenvalue weighted by Crippen LogP contribution is 2.34. The number of nitrogens with zero attached hydrogens (tertiary/aromatic N) is 1. The molecule has 0 spiro atoms. The molecule has 6 nitrogen and oxygen atoms in total. The monoisotopic (exact) mass is 430 g/mol.